The molecule has 1 aliphatic heterocycles. The van der Waals surface area contributed by atoms with Crippen LogP contribution in [-0.4, -0.2) is 53.9 Å². The second-order valence-corrected chi connectivity index (χ2v) is 6.37. The van der Waals surface area contributed by atoms with Gasteiger partial charge < -0.3 is 15.5 Å². The number of anilines is 1. The molecule has 1 amide bonds. The maximum Gasteiger partial charge on any atom is 0.254 e. The van der Waals surface area contributed by atoms with Gasteiger partial charge in [-0.1, -0.05) is 13.8 Å². The third kappa shape index (κ3) is 3.73. The Morgan fingerprint density at radius 1 is 1.43 bits per heavy atom. The highest BCUT2D eigenvalue weighted by Gasteiger charge is 2.26. The van der Waals surface area contributed by atoms with Crippen LogP contribution in [-0.2, 0) is 0 Å². The molecule has 2 N–H and O–H groups in total. The van der Waals surface area contributed by atoms with Crippen molar-refractivity contribution in [3.05, 3.63) is 23.4 Å². The van der Waals surface area contributed by atoms with Crippen LogP contribution in [0.15, 0.2) is 12.1 Å². The quantitative estimate of drug-likeness (QED) is 0.924. The van der Waals surface area contributed by atoms with Gasteiger partial charge in [-0.05, 0) is 45.0 Å². The van der Waals surface area contributed by atoms with Crippen molar-refractivity contribution in [2.45, 2.75) is 38.6 Å². The van der Waals surface area contributed by atoms with Gasteiger partial charge in [0.1, 0.15) is 5.82 Å². The summed E-state index contributed by atoms with van der Waals surface area (Å²) in [6.07, 6.45) is 2.19. The van der Waals surface area contributed by atoms with Gasteiger partial charge >= 0.3 is 0 Å². The normalized spacial score (nSPS) is 19.3. The summed E-state index contributed by atoms with van der Waals surface area (Å²) in [6.45, 7) is 5.71. The Hall–Kier alpha value is -1.62. The first-order chi connectivity index (χ1) is 9.88. The van der Waals surface area contributed by atoms with Crippen LogP contribution in [0.3, 0.4) is 0 Å². The van der Waals surface area contributed by atoms with Gasteiger partial charge in [-0.2, -0.15) is 0 Å². The lowest BCUT2D eigenvalue weighted by molar-refractivity contribution is 0.0635. The molecule has 1 aliphatic rings. The number of nitrogen functional groups attached to an aromatic ring is 1. The lowest BCUT2D eigenvalue weighted by atomic mass is 10.0. The smallest absolute Gasteiger partial charge is 0.254 e. The molecule has 0 aliphatic carbocycles. The van der Waals surface area contributed by atoms with E-state index in [2.05, 4.69) is 37.8 Å². The monoisotopic (exact) mass is 290 g/mol. The predicted octanol–water partition coefficient (Wildman–Crippen LogP) is 1.95. The Morgan fingerprint density at radius 2 is 2.14 bits per heavy atom. The summed E-state index contributed by atoms with van der Waals surface area (Å²) in [5.41, 5.74) is 7.38. The van der Waals surface area contributed by atoms with E-state index in [0.717, 1.165) is 31.6 Å². The standard InChI is InChI=1S/C16H26N4O/c1-11(2)14-8-12(9-15(17)18-14)16(21)20-7-5-6-13(10-20)19(3)4/h8-9,11,13H,5-7,10H2,1-4H3,(H2,17,18). The number of carbonyl (C=O) groups is 1. The Kier molecular flexibility index (Phi) is 4.83. The summed E-state index contributed by atoms with van der Waals surface area (Å²) in [6, 6.07) is 4.00. The number of carbonyl (C=O) groups excluding carboxylic acids is 1. The highest BCUT2D eigenvalue weighted by atomic mass is 16.2. The molecule has 1 unspecified atom stereocenters. The van der Waals surface area contributed by atoms with Crippen LogP contribution in [0.1, 0.15) is 48.7 Å². The maximum absolute atomic E-state index is 12.7. The molecule has 1 fully saturated rings. The fourth-order valence-corrected chi connectivity index (χ4v) is 2.74. The maximum atomic E-state index is 12.7. The van der Waals surface area contributed by atoms with Crippen LogP contribution < -0.4 is 5.73 Å². The van der Waals surface area contributed by atoms with Gasteiger partial charge in [-0.25, -0.2) is 4.98 Å². The van der Waals surface area contributed by atoms with Crippen LogP contribution in [0.5, 0.6) is 0 Å². The third-order valence-electron chi connectivity index (χ3n) is 4.12. The van der Waals surface area contributed by atoms with Crippen molar-refractivity contribution in [1.29, 1.82) is 0 Å². The van der Waals surface area contributed by atoms with Gasteiger partial charge in [0.15, 0.2) is 0 Å². The van der Waals surface area contributed by atoms with E-state index in [1.54, 1.807) is 6.07 Å². The second-order valence-electron chi connectivity index (χ2n) is 6.37. The number of rotatable bonds is 3. The molecule has 1 saturated heterocycles. The van der Waals surface area contributed by atoms with Crippen LogP contribution >= 0.6 is 0 Å². The molecule has 0 saturated carbocycles. The van der Waals surface area contributed by atoms with Gasteiger partial charge in [0.2, 0.25) is 0 Å². The molecule has 21 heavy (non-hydrogen) atoms. The summed E-state index contributed by atoms with van der Waals surface area (Å²) in [5.74, 6) is 0.749. The molecular formula is C16H26N4O. The lowest BCUT2D eigenvalue weighted by Gasteiger charge is -2.36. The van der Waals surface area contributed by atoms with E-state index in [1.807, 2.05) is 11.0 Å². The molecule has 1 atom stereocenters. The minimum absolute atomic E-state index is 0.0672. The topological polar surface area (TPSA) is 62.5 Å². The van der Waals surface area contributed by atoms with Crippen LogP contribution in [0.4, 0.5) is 5.82 Å². The molecule has 1 aromatic heterocycles. The van der Waals surface area contributed by atoms with Gasteiger partial charge in [0.25, 0.3) is 5.91 Å². The summed E-state index contributed by atoms with van der Waals surface area (Å²) in [4.78, 5) is 21.2. The number of hydrogen-bond donors (Lipinski definition) is 1. The molecule has 5 heteroatoms. The second kappa shape index (κ2) is 6.43. The SMILES string of the molecule is CC(C)c1cc(C(=O)N2CCCC(N(C)C)C2)cc(N)n1. The fraction of sp³-hybridized carbons (Fsp3) is 0.625. The zero-order valence-electron chi connectivity index (χ0n) is 13.5. The zero-order chi connectivity index (χ0) is 15.6. The molecule has 0 spiro atoms. The lowest BCUT2D eigenvalue weighted by Crippen LogP contribution is -2.47. The van der Waals surface area contributed by atoms with Crippen LogP contribution in [0, 0.1) is 0 Å². The zero-order valence-corrected chi connectivity index (χ0v) is 13.5. The van der Waals surface area contributed by atoms with E-state index in [0.29, 0.717) is 17.4 Å². The van der Waals surface area contributed by atoms with Crippen molar-refractivity contribution in [2.24, 2.45) is 0 Å². The molecule has 0 aromatic carbocycles. The van der Waals surface area contributed by atoms with Crippen LogP contribution in [0.2, 0.25) is 0 Å². The van der Waals surface area contributed by atoms with Crippen molar-refractivity contribution < 1.29 is 4.79 Å². The number of hydrogen-bond acceptors (Lipinski definition) is 4. The number of nitrogens with two attached hydrogens (primary N) is 1. The van der Waals surface area contributed by atoms with Crippen molar-refractivity contribution in [3.63, 3.8) is 0 Å². The van der Waals surface area contributed by atoms with Gasteiger partial charge in [-0.15, -0.1) is 0 Å². The van der Waals surface area contributed by atoms with Gasteiger partial charge in [0.05, 0.1) is 0 Å². The minimum Gasteiger partial charge on any atom is -0.384 e. The molecule has 0 radical (unpaired) electrons. The number of likely N-dealkylation sites (N-methyl/N-ethyl adjacent to an activating group) is 1. The summed E-state index contributed by atoms with van der Waals surface area (Å²) >= 11 is 0. The van der Waals surface area contributed by atoms with Gasteiger partial charge in [0, 0.05) is 30.4 Å². The molecule has 2 rings (SSSR count). The van der Waals surface area contributed by atoms with Crippen molar-refractivity contribution in [2.75, 3.05) is 32.9 Å². The molecule has 1 aromatic rings. The molecule has 2 heterocycles. The van der Waals surface area contributed by atoms with E-state index in [4.69, 9.17) is 5.73 Å². The van der Waals surface area contributed by atoms with E-state index in [-0.39, 0.29) is 11.8 Å². The van der Waals surface area contributed by atoms with Crippen LogP contribution in [0.25, 0.3) is 0 Å². The Bertz CT molecular complexity index is 513. The van der Waals surface area contributed by atoms with Gasteiger partial charge in [-0.3, -0.25) is 4.79 Å². The number of piperidine rings is 1. The van der Waals surface area contributed by atoms with E-state index < -0.39 is 0 Å². The largest absolute Gasteiger partial charge is 0.384 e. The number of nitrogens with zero attached hydrogens (tertiary/aromatic N) is 3. The predicted molar refractivity (Wildman–Crippen MR) is 85.4 cm³/mol. The molecule has 5 nitrogen and oxygen atoms in total. The number of pyridine rings is 1. The molecule has 116 valence electrons. The summed E-state index contributed by atoms with van der Waals surface area (Å²) < 4.78 is 0. The molecular weight excluding hydrogens is 264 g/mol. The Labute approximate surface area is 127 Å². The number of aromatic nitrogens is 1. The first-order valence-electron chi connectivity index (χ1n) is 7.61. The fourth-order valence-electron chi connectivity index (χ4n) is 2.74. The summed E-state index contributed by atoms with van der Waals surface area (Å²) in [7, 11) is 4.14. The van der Waals surface area contributed by atoms with Crippen molar-refractivity contribution in [1.82, 2.24) is 14.8 Å². The number of amides is 1. The van der Waals surface area contributed by atoms with Crippen molar-refractivity contribution in [3.8, 4) is 0 Å². The highest BCUT2D eigenvalue weighted by molar-refractivity contribution is 5.95. The average molecular weight is 290 g/mol. The van der Waals surface area contributed by atoms with Crippen molar-refractivity contribution >= 4 is 11.7 Å². The summed E-state index contributed by atoms with van der Waals surface area (Å²) in [5, 5.41) is 0. The number of likely N-dealkylation sites (tertiary alicyclic amines) is 1. The van der Waals surface area contributed by atoms with E-state index in [1.165, 1.54) is 0 Å². The third-order valence-corrected chi connectivity index (χ3v) is 4.12. The highest BCUT2D eigenvalue weighted by Crippen LogP contribution is 2.20. The van der Waals surface area contributed by atoms with E-state index in [9.17, 15) is 4.79 Å². The molecule has 0 bridgehead atoms. The Balaban J connectivity index is 2.19. The minimum atomic E-state index is 0.0672. The average Bonchev–Trinajstić information content (AvgIpc) is 2.45. The first-order valence-corrected chi connectivity index (χ1v) is 7.61. The first kappa shape index (κ1) is 15.8. The van der Waals surface area contributed by atoms with E-state index >= 15 is 0 Å². The Morgan fingerprint density at radius 3 is 2.76 bits per heavy atom.